The van der Waals surface area contributed by atoms with Crippen LogP contribution >= 0.6 is 0 Å². The number of nitrogens with one attached hydrogen (secondary N) is 2. The topological polar surface area (TPSA) is 64.6 Å². The molecular weight excluding hydrogens is 302 g/mol. The number of nitrogens with zero attached hydrogens (tertiary/aromatic N) is 1. The molecule has 3 N–H and O–H groups in total. The van der Waals surface area contributed by atoms with Crippen LogP contribution in [-0.2, 0) is 0 Å². The molecule has 0 radical (unpaired) electrons. The van der Waals surface area contributed by atoms with Crippen molar-refractivity contribution in [1.82, 2.24) is 15.5 Å². The molecule has 5 nitrogen and oxygen atoms in total. The van der Waals surface area contributed by atoms with Crippen molar-refractivity contribution in [2.24, 2.45) is 0 Å². The summed E-state index contributed by atoms with van der Waals surface area (Å²) in [4.78, 5) is 14.6. The number of aliphatic hydroxyl groups is 1. The van der Waals surface area contributed by atoms with E-state index in [9.17, 15) is 9.90 Å². The molecule has 132 valence electrons. The first kappa shape index (κ1) is 17.2. The van der Waals surface area contributed by atoms with E-state index < -0.39 is 6.10 Å². The number of carbonyl (C=O) groups is 1. The Labute approximate surface area is 144 Å². The number of urea groups is 1. The van der Waals surface area contributed by atoms with Crippen LogP contribution in [0, 0.1) is 6.92 Å². The van der Waals surface area contributed by atoms with Crippen molar-refractivity contribution in [3.05, 3.63) is 35.4 Å². The van der Waals surface area contributed by atoms with Gasteiger partial charge in [0, 0.05) is 31.7 Å². The first-order valence-corrected chi connectivity index (χ1v) is 9.15. The molecule has 0 bridgehead atoms. The molecule has 2 atom stereocenters. The van der Waals surface area contributed by atoms with E-state index in [0.29, 0.717) is 0 Å². The van der Waals surface area contributed by atoms with E-state index in [1.54, 1.807) is 0 Å². The van der Waals surface area contributed by atoms with Gasteiger partial charge in [-0.2, -0.15) is 0 Å². The summed E-state index contributed by atoms with van der Waals surface area (Å²) in [6, 6.07) is 8.50. The summed E-state index contributed by atoms with van der Waals surface area (Å²) in [5.41, 5.74) is 1.99. The number of likely N-dealkylation sites (tertiary alicyclic amines) is 1. The Morgan fingerprint density at radius 2 is 1.96 bits per heavy atom. The Kier molecular flexibility index (Phi) is 5.74. The van der Waals surface area contributed by atoms with Crippen LogP contribution in [-0.4, -0.2) is 47.8 Å². The highest BCUT2D eigenvalue weighted by Gasteiger charge is 2.30. The van der Waals surface area contributed by atoms with Crippen LogP contribution in [0.1, 0.15) is 49.3 Å². The van der Waals surface area contributed by atoms with Gasteiger partial charge in [-0.05, 0) is 31.7 Å². The third-order valence-corrected chi connectivity index (χ3v) is 5.31. The van der Waals surface area contributed by atoms with Gasteiger partial charge in [-0.3, -0.25) is 4.90 Å². The van der Waals surface area contributed by atoms with Crippen LogP contribution < -0.4 is 10.6 Å². The molecule has 1 aromatic carbocycles. The SMILES string of the molecule is Cc1ccc(C(O)CNC(=O)NC2CCN(C3CCCC3)C2)cc1. The highest BCUT2D eigenvalue weighted by molar-refractivity contribution is 5.74. The summed E-state index contributed by atoms with van der Waals surface area (Å²) in [6.07, 6.45) is 5.65. The molecule has 2 unspecified atom stereocenters. The Morgan fingerprint density at radius 1 is 1.25 bits per heavy atom. The van der Waals surface area contributed by atoms with Crippen LogP contribution in [0.15, 0.2) is 24.3 Å². The molecule has 1 saturated carbocycles. The molecule has 0 aromatic heterocycles. The molecule has 1 saturated heterocycles. The summed E-state index contributed by atoms with van der Waals surface area (Å²) in [5.74, 6) is 0. The predicted molar refractivity (Wildman–Crippen MR) is 94.9 cm³/mol. The maximum Gasteiger partial charge on any atom is 0.315 e. The second-order valence-electron chi connectivity index (χ2n) is 7.20. The molecule has 3 rings (SSSR count). The fourth-order valence-corrected chi connectivity index (χ4v) is 3.84. The maximum absolute atomic E-state index is 12.1. The zero-order chi connectivity index (χ0) is 16.9. The zero-order valence-electron chi connectivity index (χ0n) is 14.5. The van der Waals surface area contributed by atoms with Gasteiger partial charge in [0.15, 0.2) is 0 Å². The lowest BCUT2D eigenvalue weighted by atomic mass is 10.1. The first-order chi connectivity index (χ1) is 11.6. The molecule has 5 heteroatoms. The zero-order valence-corrected chi connectivity index (χ0v) is 14.5. The summed E-state index contributed by atoms with van der Waals surface area (Å²) in [6.45, 7) is 4.28. The van der Waals surface area contributed by atoms with E-state index in [-0.39, 0.29) is 18.6 Å². The lowest BCUT2D eigenvalue weighted by Gasteiger charge is -2.23. The molecule has 2 aliphatic rings. The number of amides is 2. The molecule has 2 amide bonds. The largest absolute Gasteiger partial charge is 0.387 e. The molecule has 1 aromatic rings. The predicted octanol–water partition coefficient (Wildman–Crippen LogP) is 2.34. The number of hydrogen-bond acceptors (Lipinski definition) is 3. The molecule has 2 fully saturated rings. The fourth-order valence-electron chi connectivity index (χ4n) is 3.84. The Bertz CT molecular complexity index is 540. The number of hydrogen-bond donors (Lipinski definition) is 3. The summed E-state index contributed by atoms with van der Waals surface area (Å²) in [5, 5.41) is 16.0. The first-order valence-electron chi connectivity index (χ1n) is 9.15. The van der Waals surface area contributed by atoms with Crippen LogP contribution in [0.5, 0.6) is 0 Å². The minimum Gasteiger partial charge on any atom is -0.387 e. The third kappa shape index (κ3) is 4.48. The van der Waals surface area contributed by atoms with Crippen molar-refractivity contribution in [2.75, 3.05) is 19.6 Å². The van der Waals surface area contributed by atoms with Gasteiger partial charge in [0.05, 0.1) is 6.10 Å². The van der Waals surface area contributed by atoms with Gasteiger partial charge < -0.3 is 15.7 Å². The minimum absolute atomic E-state index is 0.181. The standard InChI is InChI=1S/C19H29N3O2/c1-14-6-8-15(9-7-14)18(23)12-20-19(24)21-16-10-11-22(13-16)17-4-2-3-5-17/h6-9,16-18,23H,2-5,10-13H2,1H3,(H2,20,21,24). The number of aryl methyl sites for hydroxylation is 1. The van der Waals surface area contributed by atoms with E-state index in [2.05, 4.69) is 15.5 Å². The van der Waals surface area contributed by atoms with Crippen molar-refractivity contribution >= 4 is 6.03 Å². The average molecular weight is 331 g/mol. The quantitative estimate of drug-likeness (QED) is 0.776. The highest BCUT2D eigenvalue weighted by atomic mass is 16.3. The van der Waals surface area contributed by atoms with Crippen molar-refractivity contribution in [3.8, 4) is 0 Å². The lowest BCUT2D eigenvalue weighted by molar-refractivity contribution is 0.172. The van der Waals surface area contributed by atoms with Crippen molar-refractivity contribution in [1.29, 1.82) is 0 Å². The van der Waals surface area contributed by atoms with Gasteiger partial charge in [0.25, 0.3) is 0 Å². The summed E-state index contributed by atoms with van der Waals surface area (Å²) >= 11 is 0. The molecule has 1 aliphatic carbocycles. The number of benzene rings is 1. The molecule has 1 heterocycles. The Balaban J connectivity index is 1.39. The van der Waals surface area contributed by atoms with E-state index in [4.69, 9.17) is 0 Å². The molecule has 1 aliphatic heterocycles. The molecule has 24 heavy (non-hydrogen) atoms. The van der Waals surface area contributed by atoms with Crippen LogP contribution in [0.2, 0.25) is 0 Å². The van der Waals surface area contributed by atoms with Crippen molar-refractivity contribution in [2.45, 2.75) is 57.2 Å². The van der Waals surface area contributed by atoms with Gasteiger partial charge in [-0.1, -0.05) is 42.7 Å². The average Bonchev–Trinajstić information content (AvgIpc) is 3.24. The van der Waals surface area contributed by atoms with Crippen LogP contribution in [0.25, 0.3) is 0 Å². The minimum atomic E-state index is -0.671. The fraction of sp³-hybridized carbons (Fsp3) is 0.632. The monoisotopic (exact) mass is 331 g/mol. The number of aliphatic hydroxyl groups excluding tert-OH is 1. The van der Waals surface area contributed by atoms with E-state index in [0.717, 1.165) is 36.7 Å². The van der Waals surface area contributed by atoms with Gasteiger partial charge in [0.2, 0.25) is 0 Å². The molecule has 0 spiro atoms. The summed E-state index contributed by atoms with van der Waals surface area (Å²) in [7, 11) is 0. The van der Waals surface area contributed by atoms with Crippen molar-refractivity contribution < 1.29 is 9.90 Å². The van der Waals surface area contributed by atoms with E-state index in [1.165, 1.54) is 25.7 Å². The van der Waals surface area contributed by atoms with Gasteiger partial charge in [-0.25, -0.2) is 4.79 Å². The van der Waals surface area contributed by atoms with E-state index in [1.807, 2.05) is 31.2 Å². The number of carbonyl (C=O) groups excluding carboxylic acids is 1. The smallest absolute Gasteiger partial charge is 0.315 e. The normalized spacial score (nSPS) is 23.3. The second-order valence-corrected chi connectivity index (χ2v) is 7.20. The Hall–Kier alpha value is -1.59. The lowest BCUT2D eigenvalue weighted by Crippen LogP contribution is -2.45. The molecular formula is C19H29N3O2. The second kappa shape index (κ2) is 7.99. The van der Waals surface area contributed by atoms with Crippen molar-refractivity contribution in [3.63, 3.8) is 0 Å². The van der Waals surface area contributed by atoms with Gasteiger partial charge >= 0.3 is 6.03 Å². The van der Waals surface area contributed by atoms with Crippen LogP contribution in [0.3, 0.4) is 0 Å². The Morgan fingerprint density at radius 3 is 2.67 bits per heavy atom. The summed E-state index contributed by atoms with van der Waals surface area (Å²) < 4.78 is 0. The highest BCUT2D eigenvalue weighted by Crippen LogP contribution is 2.26. The van der Waals surface area contributed by atoms with Crippen LogP contribution in [0.4, 0.5) is 4.79 Å². The number of rotatable bonds is 5. The maximum atomic E-state index is 12.1. The van der Waals surface area contributed by atoms with Gasteiger partial charge in [-0.15, -0.1) is 0 Å². The van der Waals surface area contributed by atoms with E-state index >= 15 is 0 Å². The third-order valence-electron chi connectivity index (χ3n) is 5.31. The van der Waals surface area contributed by atoms with Gasteiger partial charge in [0.1, 0.15) is 0 Å².